The smallest absolute Gasteiger partial charge is 0.317 e. The monoisotopic (exact) mass is 371 g/mol. The molecule has 0 aliphatic carbocycles. The van der Waals surface area contributed by atoms with Crippen molar-refractivity contribution in [3.8, 4) is 0 Å². The van der Waals surface area contributed by atoms with Gasteiger partial charge in [-0.3, -0.25) is 0 Å². The Labute approximate surface area is 160 Å². The number of aliphatic hydroxyl groups excluding tert-OH is 1. The number of amides is 2. The van der Waals surface area contributed by atoms with E-state index in [-0.39, 0.29) is 18.6 Å². The first-order valence-electron chi connectivity index (χ1n) is 9.37. The summed E-state index contributed by atoms with van der Waals surface area (Å²) >= 11 is 0. The van der Waals surface area contributed by atoms with E-state index in [1.165, 1.54) is 5.56 Å². The predicted molar refractivity (Wildman–Crippen MR) is 106 cm³/mol. The Hall–Kier alpha value is -2.54. The molecule has 2 N–H and O–H groups in total. The normalized spacial score (nSPS) is 19.8. The average Bonchev–Trinajstić information content (AvgIpc) is 3.07. The molecule has 1 aromatic heterocycles. The molecule has 1 aliphatic heterocycles. The van der Waals surface area contributed by atoms with Crippen LogP contribution in [0.15, 0.2) is 36.5 Å². The van der Waals surface area contributed by atoms with Gasteiger partial charge in [0.1, 0.15) is 0 Å². The Balaban J connectivity index is 1.58. The summed E-state index contributed by atoms with van der Waals surface area (Å²) in [4.78, 5) is 20.7. The molecule has 1 saturated heterocycles. The lowest BCUT2D eigenvalue weighted by Gasteiger charge is -2.38. The van der Waals surface area contributed by atoms with Crippen LogP contribution in [0.2, 0.25) is 0 Å². The number of carbonyl (C=O) groups is 1. The Kier molecular flexibility index (Phi) is 6.01. The summed E-state index contributed by atoms with van der Waals surface area (Å²) < 4.78 is 1.97. The molecule has 0 radical (unpaired) electrons. The molecule has 146 valence electrons. The lowest BCUT2D eigenvalue weighted by molar-refractivity contribution is 0.113. The van der Waals surface area contributed by atoms with Gasteiger partial charge >= 0.3 is 6.03 Å². The summed E-state index contributed by atoms with van der Waals surface area (Å²) in [5.74, 6) is 1.20. The first-order valence-corrected chi connectivity index (χ1v) is 9.37. The molecule has 1 aliphatic rings. The number of nitrogens with one attached hydrogen (secondary N) is 1. The van der Waals surface area contributed by atoms with Gasteiger partial charge in [-0.2, -0.15) is 0 Å². The highest BCUT2D eigenvalue weighted by atomic mass is 16.3. The van der Waals surface area contributed by atoms with Crippen LogP contribution >= 0.6 is 0 Å². The molecule has 2 atom stereocenters. The Bertz CT molecular complexity index is 759. The van der Waals surface area contributed by atoms with Gasteiger partial charge in [0.05, 0.1) is 18.4 Å². The molecule has 0 bridgehead atoms. The summed E-state index contributed by atoms with van der Waals surface area (Å²) in [5.41, 5.74) is 2.19. The maximum absolute atomic E-state index is 12.6. The minimum absolute atomic E-state index is 0.0592. The number of carbonyl (C=O) groups excluding carboxylic acids is 1. The van der Waals surface area contributed by atoms with Gasteiger partial charge < -0.3 is 24.8 Å². The number of rotatable bonds is 5. The first kappa shape index (κ1) is 19.2. The van der Waals surface area contributed by atoms with E-state index in [1.807, 2.05) is 53.7 Å². The largest absolute Gasteiger partial charge is 0.396 e. The molecular formula is C20H29N5O2. The van der Waals surface area contributed by atoms with Crippen molar-refractivity contribution in [2.45, 2.75) is 18.9 Å². The van der Waals surface area contributed by atoms with Gasteiger partial charge in [0, 0.05) is 46.8 Å². The van der Waals surface area contributed by atoms with Crippen molar-refractivity contribution >= 4 is 12.0 Å². The molecule has 7 heteroatoms. The van der Waals surface area contributed by atoms with E-state index >= 15 is 0 Å². The molecule has 2 aromatic rings. The van der Waals surface area contributed by atoms with Gasteiger partial charge in [0.15, 0.2) is 0 Å². The standard InChI is InChI=1S/C20H29N5O2/c1-23(2)19-21-11-17(24(19)3)12-22-20(27)25-10-9-18(16(13-25)14-26)15-7-5-4-6-8-15/h4-8,11,16,18,26H,9-10,12-14H2,1-3H3,(H,22,27)/t16-,18+/m1/s1. The van der Waals surface area contributed by atoms with Crippen LogP contribution in [-0.2, 0) is 13.6 Å². The fourth-order valence-electron chi connectivity index (χ4n) is 3.83. The van der Waals surface area contributed by atoms with Crippen LogP contribution in [0.5, 0.6) is 0 Å². The predicted octanol–water partition coefficient (Wildman–Crippen LogP) is 1.79. The number of likely N-dealkylation sites (tertiary alicyclic amines) is 1. The highest BCUT2D eigenvalue weighted by molar-refractivity contribution is 5.74. The third kappa shape index (κ3) is 4.24. The van der Waals surface area contributed by atoms with Crippen molar-refractivity contribution in [1.82, 2.24) is 19.8 Å². The molecular weight excluding hydrogens is 342 g/mol. The van der Waals surface area contributed by atoms with Crippen LogP contribution in [0.25, 0.3) is 0 Å². The molecule has 0 unspecified atom stereocenters. The van der Waals surface area contributed by atoms with Crippen molar-refractivity contribution < 1.29 is 9.90 Å². The van der Waals surface area contributed by atoms with E-state index in [0.29, 0.717) is 25.6 Å². The minimum Gasteiger partial charge on any atom is -0.396 e. The number of urea groups is 1. The average molecular weight is 371 g/mol. The Morgan fingerprint density at radius 1 is 1.33 bits per heavy atom. The second-order valence-electron chi connectivity index (χ2n) is 7.36. The van der Waals surface area contributed by atoms with Crippen LogP contribution in [0.1, 0.15) is 23.6 Å². The number of nitrogens with zero attached hydrogens (tertiary/aromatic N) is 4. The minimum atomic E-state index is -0.0902. The van der Waals surface area contributed by atoms with Crippen molar-refractivity contribution in [2.75, 3.05) is 38.7 Å². The zero-order valence-corrected chi connectivity index (χ0v) is 16.3. The second kappa shape index (κ2) is 8.43. The quantitative estimate of drug-likeness (QED) is 0.841. The van der Waals surface area contributed by atoms with Crippen LogP contribution in [0, 0.1) is 5.92 Å². The molecule has 0 saturated carbocycles. The highest BCUT2D eigenvalue weighted by Crippen LogP contribution is 2.32. The topological polar surface area (TPSA) is 73.6 Å². The van der Waals surface area contributed by atoms with E-state index in [1.54, 1.807) is 6.20 Å². The zero-order valence-electron chi connectivity index (χ0n) is 16.3. The van der Waals surface area contributed by atoms with Crippen LogP contribution < -0.4 is 10.2 Å². The van der Waals surface area contributed by atoms with Gasteiger partial charge in [-0.15, -0.1) is 0 Å². The fraction of sp³-hybridized carbons (Fsp3) is 0.500. The number of benzene rings is 1. The van der Waals surface area contributed by atoms with Gasteiger partial charge in [-0.1, -0.05) is 30.3 Å². The van der Waals surface area contributed by atoms with Gasteiger partial charge in [-0.05, 0) is 17.9 Å². The molecule has 3 rings (SSSR count). The van der Waals surface area contributed by atoms with Crippen molar-refractivity contribution in [3.05, 3.63) is 47.8 Å². The fourth-order valence-corrected chi connectivity index (χ4v) is 3.83. The number of aromatic nitrogens is 2. The maximum atomic E-state index is 12.6. The van der Waals surface area contributed by atoms with E-state index < -0.39 is 0 Å². The summed E-state index contributed by atoms with van der Waals surface area (Å²) in [6.07, 6.45) is 2.65. The van der Waals surface area contributed by atoms with E-state index in [0.717, 1.165) is 18.1 Å². The number of anilines is 1. The van der Waals surface area contributed by atoms with Gasteiger partial charge in [0.2, 0.25) is 5.95 Å². The molecule has 1 aromatic carbocycles. The second-order valence-corrected chi connectivity index (χ2v) is 7.36. The van der Waals surface area contributed by atoms with Crippen molar-refractivity contribution in [1.29, 1.82) is 0 Å². The first-order chi connectivity index (χ1) is 13.0. The van der Waals surface area contributed by atoms with Gasteiger partial charge in [0.25, 0.3) is 0 Å². The third-order valence-corrected chi connectivity index (χ3v) is 5.36. The van der Waals surface area contributed by atoms with E-state index in [9.17, 15) is 9.90 Å². The molecule has 2 heterocycles. The summed E-state index contributed by atoms with van der Waals surface area (Å²) in [5, 5.41) is 12.8. The SMILES string of the molecule is CN(C)c1ncc(CNC(=O)N2CC[C@@H](c3ccccc3)[C@@H](CO)C2)n1C. The Morgan fingerprint density at radius 3 is 2.70 bits per heavy atom. The molecule has 1 fully saturated rings. The molecule has 2 amide bonds. The number of hydrogen-bond acceptors (Lipinski definition) is 4. The maximum Gasteiger partial charge on any atom is 0.317 e. The molecule has 0 spiro atoms. The molecule has 27 heavy (non-hydrogen) atoms. The van der Waals surface area contributed by atoms with E-state index in [2.05, 4.69) is 22.4 Å². The summed E-state index contributed by atoms with van der Waals surface area (Å²) in [6.45, 7) is 1.77. The highest BCUT2D eigenvalue weighted by Gasteiger charge is 2.32. The zero-order chi connectivity index (χ0) is 19.4. The van der Waals surface area contributed by atoms with Crippen LogP contribution in [-0.4, -0.2) is 59.4 Å². The summed E-state index contributed by atoms with van der Waals surface area (Å²) in [6, 6.07) is 10.2. The summed E-state index contributed by atoms with van der Waals surface area (Å²) in [7, 11) is 5.82. The van der Waals surface area contributed by atoms with Crippen LogP contribution in [0.4, 0.5) is 10.7 Å². The van der Waals surface area contributed by atoms with Crippen molar-refractivity contribution in [3.63, 3.8) is 0 Å². The Morgan fingerprint density at radius 2 is 2.07 bits per heavy atom. The van der Waals surface area contributed by atoms with Crippen molar-refractivity contribution in [2.24, 2.45) is 13.0 Å². The molecule has 7 nitrogen and oxygen atoms in total. The number of aliphatic hydroxyl groups is 1. The third-order valence-electron chi connectivity index (χ3n) is 5.36. The number of piperidine rings is 1. The lowest BCUT2D eigenvalue weighted by Crippen LogP contribution is -2.48. The number of hydrogen-bond donors (Lipinski definition) is 2. The lowest BCUT2D eigenvalue weighted by atomic mass is 9.81. The number of imidazole rings is 1. The van der Waals surface area contributed by atoms with E-state index in [4.69, 9.17) is 0 Å². The van der Waals surface area contributed by atoms with Gasteiger partial charge in [-0.25, -0.2) is 9.78 Å². The van der Waals surface area contributed by atoms with Crippen LogP contribution in [0.3, 0.4) is 0 Å².